The fraction of sp³-hybridized carbons (Fsp3) is 0.952. The summed E-state index contributed by atoms with van der Waals surface area (Å²) >= 11 is 0. The molecule has 1 unspecified atom stereocenters. The number of phosphoric ester groups is 1. The zero-order valence-electron chi connectivity index (χ0n) is 20.0. The molecule has 30 heavy (non-hydrogen) atoms. The summed E-state index contributed by atoms with van der Waals surface area (Å²) in [6.45, 7) is 6.20. The van der Waals surface area contributed by atoms with Crippen molar-refractivity contribution in [3.63, 3.8) is 0 Å². The van der Waals surface area contributed by atoms with Crippen LogP contribution in [0.5, 0.6) is 0 Å². The number of hydrogen-bond acceptors (Lipinski definition) is 4. The molecule has 0 rings (SSSR count). The SMILES string of the molecule is CCCCCCCCCCCN(CCOP(=O)(O)OCC[N+](C)(C)C)C(=O)NCC. The third-order valence-electron chi connectivity index (χ3n) is 4.78. The van der Waals surface area contributed by atoms with Gasteiger partial charge in [0.05, 0.1) is 27.7 Å². The lowest BCUT2D eigenvalue weighted by Gasteiger charge is -2.25. The number of urea groups is 1. The molecule has 0 aromatic heterocycles. The van der Waals surface area contributed by atoms with Crippen LogP contribution in [0, 0.1) is 0 Å². The highest BCUT2D eigenvalue weighted by Gasteiger charge is 2.23. The summed E-state index contributed by atoms with van der Waals surface area (Å²) in [4.78, 5) is 23.7. The van der Waals surface area contributed by atoms with Crippen molar-refractivity contribution < 1.29 is 27.8 Å². The second-order valence-corrected chi connectivity index (χ2v) is 10.3. The molecule has 2 amide bonds. The average Bonchev–Trinajstić information content (AvgIpc) is 2.64. The number of hydrogen-bond donors (Lipinski definition) is 2. The van der Waals surface area contributed by atoms with Crippen LogP contribution >= 0.6 is 7.82 Å². The fourth-order valence-corrected chi connectivity index (χ4v) is 3.62. The van der Waals surface area contributed by atoms with Gasteiger partial charge in [0.15, 0.2) is 0 Å². The van der Waals surface area contributed by atoms with E-state index in [4.69, 9.17) is 9.05 Å². The van der Waals surface area contributed by atoms with Crippen LogP contribution in [0.15, 0.2) is 0 Å². The zero-order valence-corrected chi connectivity index (χ0v) is 20.9. The molecule has 180 valence electrons. The molecule has 8 nitrogen and oxygen atoms in total. The van der Waals surface area contributed by atoms with Crippen molar-refractivity contribution in [1.29, 1.82) is 0 Å². The molecule has 0 aliphatic carbocycles. The van der Waals surface area contributed by atoms with E-state index in [9.17, 15) is 14.3 Å². The molecule has 0 heterocycles. The largest absolute Gasteiger partial charge is 0.472 e. The number of unbranched alkanes of at least 4 members (excludes halogenated alkanes) is 8. The van der Waals surface area contributed by atoms with Crippen molar-refractivity contribution in [2.45, 2.75) is 71.6 Å². The molecule has 0 aliphatic heterocycles. The third kappa shape index (κ3) is 18.1. The molecule has 0 radical (unpaired) electrons. The van der Waals surface area contributed by atoms with Gasteiger partial charge in [-0.1, -0.05) is 58.3 Å². The molecule has 2 N–H and O–H groups in total. The molecule has 0 aromatic rings. The van der Waals surface area contributed by atoms with E-state index in [1.54, 1.807) is 4.90 Å². The van der Waals surface area contributed by atoms with Crippen LogP contribution < -0.4 is 5.32 Å². The summed E-state index contributed by atoms with van der Waals surface area (Å²) in [5.74, 6) is 0. The Morgan fingerprint density at radius 3 is 1.97 bits per heavy atom. The minimum atomic E-state index is -4.10. The Kier molecular flexibility index (Phi) is 16.6. The lowest BCUT2D eigenvalue weighted by Crippen LogP contribution is -2.42. The molecule has 0 saturated heterocycles. The van der Waals surface area contributed by atoms with Crippen molar-refractivity contribution in [2.75, 3.05) is 60.5 Å². The predicted octanol–water partition coefficient (Wildman–Crippen LogP) is 4.39. The van der Waals surface area contributed by atoms with Crippen molar-refractivity contribution >= 4 is 13.9 Å². The molecule has 0 fully saturated rings. The van der Waals surface area contributed by atoms with E-state index < -0.39 is 7.82 Å². The maximum atomic E-state index is 12.2. The molecular formula is C21H47N3O5P+. The molecule has 0 bridgehead atoms. The first kappa shape index (κ1) is 29.3. The van der Waals surface area contributed by atoms with E-state index in [1.807, 2.05) is 28.1 Å². The second kappa shape index (κ2) is 17.0. The smallest absolute Gasteiger partial charge is 0.338 e. The zero-order chi connectivity index (χ0) is 22.9. The van der Waals surface area contributed by atoms with Crippen LogP contribution in [0.4, 0.5) is 4.79 Å². The van der Waals surface area contributed by atoms with Gasteiger partial charge < -0.3 is 19.6 Å². The predicted molar refractivity (Wildman–Crippen MR) is 123 cm³/mol. The van der Waals surface area contributed by atoms with E-state index in [-0.39, 0.29) is 25.8 Å². The number of likely N-dealkylation sites (N-methyl/N-ethyl adjacent to an activating group) is 1. The van der Waals surface area contributed by atoms with E-state index in [2.05, 4.69) is 12.2 Å². The number of carbonyl (C=O) groups excluding carboxylic acids is 1. The highest BCUT2D eigenvalue weighted by atomic mass is 31.2. The standard InChI is InChI=1S/C21H46N3O5P/c1-6-8-9-10-11-12-13-14-15-16-23(21(25)22-7-2)17-19-28-30(26,27)29-20-18-24(3,4)5/h6-20H2,1-5H3,(H-,22,25,26,27)/p+1. The molecule has 0 spiro atoms. The van der Waals surface area contributed by atoms with Gasteiger partial charge in [0.25, 0.3) is 0 Å². The van der Waals surface area contributed by atoms with Gasteiger partial charge in [0.2, 0.25) is 0 Å². The van der Waals surface area contributed by atoms with Crippen LogP contribution in [0.1, 0.15) is 71.6 Å². The molecule has 1 atom stereocenters. The molecule has 0 aliphatic rings. The second-order valence-electron chi connectivity index (χ2n) is 8.80. The maximum absolute atomic E-state index is 12.2. The Morgan fingerprint density at radius 2 is 1.43 bits per heavy atom. The van der Waals surface area contributed by atoms with Crippen molar-refractivity contribution in [3.8, 4) is 0 Å². The summed E-state index contributed by atoms with van der Waals surface area (Å²) in [6.07, 6.45) is 10.9. The first-order valence-corrected chi connectivity index (χ1v) is 13.1. The number of amides is 2. The van der Waals surface area contributed by atoms with Crippen molar-refractivity contribution in [2.24, 2.45) is 0 Å². The van der Waals surface area contributed by atoms with E-state index in [1.165, 1.54) is 44.9 Å². The summed E-state index contributed by atoms with van der Waals surface area (Å²) in [5, 5.41) is 2.79. The van der Waals surface area contributed by atoms with E-state index >= 15 is 0 Å². The highest BCUT2D eigenvalue weighted by Crippen LogP contribution is 2.42. The van der Waals surface area contributed by atoms with Gasteiger partial charge in [0, 0.05) is 19.6 Å². The van der Waals surface area contributed by atoms with Gasteiger partial charge in [-0.2, -0.15) is 0 Å². The maximum Gasteiger partial charge on any atom is 0.472 e. The molecule has 9 heteroatoms. The van der Waals surface area contributed by atoms with E-state index in [0.29, 0.717) is 24.1 Å². The number of quaternary nitrogens is 1. The van der Waals surface area contributed by atoms with Crippen LogP contribution in [-0.4, -0.2) is 80.8 Å². The first-order valence-electron chi connectivity index (χ1n) is 11.6. The van der Waals surface area contributed by atoms with Crippen molar-refractivity contribution in [1.82, 2.24) is 10.2 Å². The van der Waals surface area contributed by atoms with Crippen LogP contribution in [0.25, 0.3) is 0 Å². The Labute approximate surface area is 184 Å². The van der Waals surface area contributed by atoms with Gasteiger partial charge in [-0.05, 0) is 13.3 Å². The molecule has 0 saturated carbocycles. The monoisotopic (exact) mass is 452 g/mol. The summed E-state index contributed by atoms with van der Waals surface area (Å²) in [7, 11) is 1.82. The topological polar surface area (TPSA) is 88.1 Å². The van der Waals surface area contributed by atoms with Gasteiger partial charge in [-0.3, -0.25) is 9.05 Å². The first-order chi connectivity index (χ1) is 14.1. The van der Waals surface area contributed by atoms with Gasteiger partial charge in [-0.15, -0.1) is 0 Å². The van der Waals surface area contributed by atoms with Crippen LogP contribution in [0.3, 0.4) is 0 Å². The number of phosphoric acid groups is 1. The Balaban J connectivity index is 4.16. The Bertz CT molecular complexity index is 486. The quantitative estimate of drug-likeness (QED) is 0.172. The Morgan fingerprint density at radius 1 is 0.900 bits per heavy atom. The number of rotatable bonds is 19. The Hall–Kier alpha value is -0.660. The van der Waals surface area contributed by atoms with Crippen molar-refractivity contribution in [3.05, 3.63) is 0 Å². The third-order valence-corrected chi connectivity index (χ3v) is 5.80. The number of nitrogens with zero attached hydrogens (tertiary/aromatic N) is 2. The lowest BCUT2D eigenvalue weighted by atomic mass is 10.1. The molecular weight excluding hydrogens is 405 g/mol. The minimum Gasteiger partial charge on any atom is -0.338 e. The van der Waals surface area contributed by atoms with Gasteiger partial charge >= 0.3 is 13.9 Å². The summed E-state index contributed by atoms with van der Waals surface area (Å²) in [5.41, 5.74) is 0. The van der Waals surface area contributed by atoms with Crippen LogP contribution in [-0.2, 0) is 13.6 Å². The van der Waals surface area contributed by atoms with E-state index in [0.717, 1.165) is 12.8 Å². The fourth-order valence-electron chi connectivity index (χ4n) is 2.92. The number of carbonyl (C=O) groups is 1. The number of nitrogens with one attached hydrogen (secondary N) is 1. The highest BCUT2D eigenvalue weighted by molar-refractivity contribution is 7.47. The summed E-state index contributed by atoms with van der Waals surface area (Å²) in [6, 6.07) is -0.167. The average molecular weight is 453 g/mol. The van der Waals surface area contributed by atoms with Crippen LogP contribution in [0.2, 0.25) is 0 Å². The lowest BCUT2D eigenvalue weighted by molar-refractivity contribution is -0.870. The van der Waals surface area contributed by atoms with Gasteiger partial charge in [0.1, 0.15) is 13.2 Å². The van der Waals surface area contributed by atoms with Gasteiger partial charge in [-0.25, -0.2) is 9.36 Å². The normalized spacial score (nSPS) is 13.8. The molecule has 0 aromatic carbocycles. The summed E-state index contributed by atoms with van der Waals surface area (Å²) < 4.78 is 22.7. The minimum absolute atomic E-state index is 0.0350.